The second-order valence-corrected chi connectivity index (χ2v) is 20.5. The Kier molecular flexibility index (Phi) is 17.9. The standard InChI is InChI=1S/C33H30F5N3O2.C30H25F2NO2.CH4/c1-19-6-3-9-29-31(19)41(40-32(29)33(36,37)38)18-27(43)16-24(12-21-13-25(34)17-26(35)14-21)30-28(10-5-11-39-30)23-8-4-7-22(15-23)20(2)42;31-25-13-20(14-26(32)17-25)12-24(30-22(2-1-11-33-30)6-5-19-3-4-19)16-28(35)15-23-8-7-21-9-10-27(34)18-29(21)23;/h4-5,7-8,10-11,13-15,17,19,24H,3,6,9,12,16,18H2,1-2H3;1-2,8-11,13-14,17-19,24,34H,3-4,7,12,15-16H2;1H4/t19?,24-;24-;/m11./s1. The molecule has 0 bridgehead atoms. The van der Waals surface area contributed by atoms with Gasteiger partial charge in [0, 0.05) is 89.5 Å². The van der Waals surface area contributed by atoms with E-state index in [0.717, 1.165) is 53.7 Å². The quantitative estimate of drug-likeness (QED) is 0.0582. The molecule has 0 amide bonds. The molecule has 79 heavy (non-hydrogen) atoms. The summed E-state index contributed by atoms with van der Waals surface area (Å²) in [4.78, 5) is 48.0. The number of rotatable bonds is 16. The number of phenols is 1. The Labute approximate surface area is 454 Å². The zero-order valence-electron chi connectivity index (χ0n) is 42.9. The Hall–Kier alpha value is -7.99. The van der Waals surface area contributed by atoms with Gasteiger partial charge in [0.25, 0.3) is 0 Å². The monoisotopic (exact) mass is 1080 g/mol. The number of phenolic OH excluding ortho intramolecular Hbond substituents is 1. The zero-order valence-corrected chi connectivity index (χ0v) is 42.9. The third kappa shape index (κ3) is 14.4. The number of hydrogen-bond acceptors (Lipinski definition) is 7. The summed E-state index contributed by atoms with van der Waals surface area (Å²) in [6.07, 6.45) is 5.57. The van der Waals surface area contributed by atoms with Gasteiger partial charge in [-0.3, -0.25) is 29.0 Å². The van der Waals surface area contributed by atoms with Crippen molar-refractivity contribution < 1.29 is 50.2 Å². The van der Waals surface area contributed by atoms with Crippen LogP contribution >= 0.6 is 0 Å². The molecule has 0 saturated heterocycles. The molecule has 1 unspecified atom stereocenters. The fourth-order valence-electron chi connectivity index (χ4n) is 10.7. The highest BCUT2D eigenvalue weighted by Gasteiger charge is 2.41. The molecule has 1 N–H and O–H groups in total. The number of ketones is 3. The number of aromatic nitrogens is 4. The first-order valence-electron chi connectivity index (χ1n) is 26.0. The minimum Gasteiger partial charge on any atom is -0.508 e. The van der Waals surface area contributed by atoms with Gasteiger partial charge in [-0.05, 0) is 158 Å². The van der Waals surface area contributed by atoms with E-state index in [-0.39, 0.29) is 87.2 Å². The molecule has 1 saturated carbocycles. The molecule has 3 aliphatic rings. The molecule has 15 heteroatoms. The van der Waals surface area contributed by atoms with E-state index in [0.29, 0.717) is 63.7 Å². The fourth-order valence-corrected chi connectivity index (χ4v) is 10.7. The molecule has 0 radical (unpaired) electrons. The average Bonchev–Trinajstić information content (AvgIpc) is 4.25. The van der Waals surface area contributed by atoms with E-state index in [2.05, 4.69) is 26.9 Å². The molecule has 7 aromatic rings. The van der Waals surface area contributed by atoms with Crippen molar-refractivity contribution in [3.8, 4) is 28.7 Å². The van der Waals surface area contributed by atoms with Crippen molar-refractivity contribution in [1.82, 2.24) is 19.7 Å². The highest BCUT2D eigenvalue weighted by atomic mass is 19.4. The third-order valence-corrected chi connectivity index (χ3v) is 14.4. The van der Waals surface area contributed by atoms with Gasteiger partial charge in [0.2, 0.25) is 0 Å². The normalized spacial score (nSPS) is 15.2. The van der Waals surface area contributed by atoms with Crippen LogP contribution in [0.15, 0.2) is 122 Å². The lowest BCUT2D eigenvalue weighted by Crippen LogP contribution is -2.20. The van der Waals surface area contributed by atoms with E-state index in [1.54, 1.807) is 60.9 Å². The smallest absolute Gasteiger partial charge is 0.435 e. The predicted molar refractivity (Wildman–Crippen MR) is 288 cm³/mol. The van der Waals surface area contributed by atoms with Crippen LogP contribution in [0.1, 0.15) is 150 Å². The highest BCUT2D eigenvalue weighted by molar-refractivity contribution is 5.95. The Morgan fingerprint density at radius 1 is 0.747 bits per heavy atom. The summed E-state index contributed by atoms with van der Waals surface area (Å²) >= 11 is 0. The minimum absolute atomic E-state index is 0. The summed E-state index contributed by atoms with van der Waals surface area (Å²) < 4.78 is 98.7. The van der Waals surface area contributed by atoms with Crippen molar-refractivity contribution in [2.45, 2.75) is 122 Å². The van der Waals surface area contributed by atoms with E-state index in [4.69, 9.17) is 0 Å². The topological polar surface area (TPSA) is 115 Å². The van der Waals surface area contributed by atoms with Gasteiger partial charge in [0.05, 0.1) is 17.9 Å². The second-order valence-electron chi connectivity index (χ2n) is 20.5. The van der Waals surface area contributed by atoms with Crippen LogP contribution in [0.25, 0.3) is 16.7 Å². The second kappa shape index (κ2) is 24.8. The molecule has 4 aromatic carbocycles. The number of aromatic hydroxyl groups is 1. The van der Waals surface area contributed by atoms with Gasteiger partial charge in [-0.2, -0.15) is 18.3 Å². The van der Waals surface area contributed by atoms with Crippen molar-refractivity contribution >= 4 is 22.9 Å². The molecule has 0 spiro atoms. The maximum Gasteiger partial charge on any atom is 0.435 e. The maximum absolute atomic E-state index is 14.1. The molecule has 3 aromatic heterocycles. The summed E-state index contributed by atoms with van der Waals surface area (Å²) in [5.74, 6) is 2.43. The van der Waals surface area contributed by atoms with Gasteiger partial charge in [0.15, 0.2) is 17.3 Å². The Bertz CT molecular complexity index is 3470. The number of carbonyl (C=O) groups excluding carboxylic acids is 3. The molecule has 3 heterocycles. The van der Waals surface area contributed by atoms with Crippen LogP contribution in [-0.2, 0) is 48.0 Å². The van der Waals surface area contributed by atoms with Crippen LogP contribution in [0.2, 0.25) is 0 Å². The van der Waals surface area contributed by atoms with Crippen molar-refractivity contribution in [2.24, 2.45) is 5.92 Å². The number of pyridine rings is 2. The lowest BCUT2D eigenvalue weighted by atomic mass is 9.86. The van der Waals surface area contributed by atoms with Crippen molar-refractivity contribution in [2.75, 3.05) is 0 Å². The van der Waals surface area contributed by atoms with Gasteiger partial charge in [0.1, 0.15) is 34.8 Å². The Morgan fingerprint density at radius 3 is 2.03 bits per heavy atom. The molecule has 8 nitrogen and oxygen atoms in total. The van der Waals surface area contributed by atoms with Crippen LogP contribution in [0, 0.1) is 41.0 Å². The number of alkyl halides is 3. The SMILES string of the molecule is C.CC(=O)c1cccc(-c2cccnc2[C@@H](CC(=O)Cn2nc(C(F)(F)F)c3c2C(C)CCC3)Cc2cc(F)cc(F)c2)c1.O=C(CC1=CCc2ccc(O)cc21)C[C@@H](Cc1cc(F)cc(F)c1)c1ncccc1C#CC1CC1. The lowest BCUT2D eigenvalue weighted by molar-refractivity contribution is -0.142. The molecule has 10 rings (SSSR count). The van der Waals surface area contributed by atoms with Crippen LogP contribution in [0.5, 0.6) is 5.75 Å². The first kappa shape index (κ1) is 57.2. The number of halogens is 7. The van der Waals surface area contributed by atoms with Gasteiger partial charge in [-0.1, -0.05) is 62.6 Å². The molecular weight excluding hydrogens is 1020 g/mol. The Balaban J connectivity index is 0.000000209. The number of hydrogen-bond donors (Lipinski definition) is 1. The molecular formula is C64H59F7N4O4. The lowest BCUT2D eigenvalue weighted by Gasteiger charge is -2.22. The van der Waals surface area contributed by atoms with E-state index < -0.39 is 46.8 Å². The van der Waals surface area contributed by atoms with Crippen LogP contribution in [0.4, 0.5) is 30.7 Å². The third-order valence-electron chi connectivity index (χ3n) is 14.4. The fraction of sp³-hybridized carbons (Fsp3) is 0.312. The molecule has 1 fully saturated rings. The summed E-state index contributed by atoms with van der Waals surface area (Å²) in [7, 11) is 0. The number of nitrogens with zero attached hydrogens (tertiary/aromatic N) is 4. The van der Waals surface area contributed by atoms with Crippen molar-refractivity contribution in [3.63, 3.8) is 0 Å². The highest BCUT2D eigenvalue weighted by Crippen LogP contribution is 2.41. The first-order chi connectivity index (χ1) is 37.3. The number of benzene rings is 4. The van der Waals surface area contributed by atoms with Crippen LogP contribution < -0.4 is 0 Å². The minimum atomic E-state index is -4.64. The van der Waals surface area contributed by atoms with Gasteiger partial charge < -0.3 is 5.11 Å². The van der Waals surface area contributed by atoms with Crippen LogP contribution in [-0.4, -0.2) is 42.2 Å². The van der Waals surface area contributed by atoms with Gasteiger partial charge >= 0.3 is 6.18 Å². The molecule has 0 aliphatic heterocycles. The number of allylic oxidation sites excluding steroid dienone is 2. The largest absolute Gasteiger partial charge is 0.508 e. The average molecular weight is 1080 g/mol. The van der Waals surface area contributed by atoms with E-state index in [9.17, 15) is 50.2 Å². The van der Waals surface area contributed by atoms with Crippen molar-refractivity contribution in [3.05, 3.63) is 207 Å². The van der Waals surface area contributed by atoms with E-state index in [1.165, 1.54) is 35.9 Å². The number of carbonyl (C=O) groups is 3. The summed E-state index contributed by atoms with van der Waals surface area (Å²) in [5.41, 5.74) is 6.94. The van der Waals surface area contributed by atoms with E-state index in [1.807, 2.05) is 31.2 Å². The number of Topliss-reactive ketones (excluding diaryl/α,β-unsaturated/α-hetero) is 3. The number of fused-ring (bicyclic) bond motifs is 2. The van der Waals surface area contributed by atoms with E-state index >= 15 is 0 Å². The van der Waals surface area contributed by atoms with Gasteiger partial charge in [-0.25, -0.2) is 17.6 Å². The molecule has 408 valence electrons. The molecule has 3 atom stereocenters. The summed E-state index contributed by atoms with van der Waals surface area (Å²) in [5, 5.41) is 13.7. The first-order valence-corrected chi connectivity index (χ1v) is 26.0. The predicted octanol–water partition coefficient (Wildman–Crippen LogP) is 14.6. The Morgan fingerprint density at radius 2 is 1.38 bits per heavy atom. The zero-order chi connectivity index (χ0) is 55.3. The summed E-state index contributed by atoms with van der Waals surface area (Å²) in [6.45, 7) is 2.90. The molecule has 3 aliphatic carbocycles. The maximum atomic E-state index is 14.1. The summed E-state index contributed by atoms with van der Waals surface area (Å²) in [6, 6.07) is 25.9. The van der Waals surface area contributed by atoms with Gasteiger partial charge in [-0.15, -0.1) is 0 Å². The van der Waals surface area contributed by atoms with Crippen molar-refractivity contribution in [1.29, 1.82) is 0 Å². The van der Waals surface area contributed by atoms with Crippen LogP contribution in [0.3, 0.4) is 0 Å².